The first-order chi connectivity index (χ1) is 15.7. The second kappa shape index (κ2) is 10.8. The number of carbonyl (C=O) groups is 1. The van der Waals surface area contributed by atoms with Crippen LogP contribution in [0.3, 0.4) is 0 Å². The predicted octanol–water partition coefficient (Wildman–Crippen LogP) is 5.84. The van der Waals surface area contributed by atoms with Gasteiger partial charge in [0, 0.05) is 37.4 Å². The summed E-state index contributed by atoms with van der Waals surface area (Å²) >= 11 is 0. The zero-order valence-electron chi connectivity index (χ0n) is 19.2. The molecule has 170 valence electrons. The van der Waals surface area contributed by atoms with Crippen LogP contribution in [0.1, 0.15) is 37.7 Å². The summed E-state index contributed by atoms with van der Waals surface area (Å²) < 4.78 is 7.32. The number of carbonyl (C=O) groups excluding carboxylic acids is 1. The molecule has 2 aromatic rings. The van der Waals surface area contributed by atoms with Gasteiger partial charge in [-0.3, -0.25) is 4.90 Å². The smallest absolute Gasteiger partial charge is 0.414 e. The van der Waals surface area contributed by atoms with Crippen LogP contribution in [-0.2, 0) is 11.2 Å². The Morgan fingerprint density at radius 1 is 1.03 bits per heavy atom. The Morgan fingerprint density at radius 3 is 2.41 bits per heavy atom. The Kier molecular flexibility index (Phi) is 7.64. The average Bonchev–Trinajstić information content (AvgIpc) is 2.84. The Morgan fingerprint density at radius 2 is 1.72 bits per heavy atom. The van der Waals surface area contributed by atoms with Crippen molar-refractivity contribution >= 4 is 11.8 Å². The number of fused-ring (bicyclic) bond motifs is 3. The lowest BCUT2D eigenvalue weighted by Crippen LogP contribution is -2.65. The molecule has 2 bridgehead atoms. The number of rotatable bonds is 10. The molecular weight excluding hydrogens is 396 g/mol. The van der Waals surface area contributed by atoms with Crippen LogP contribution in [0.5, 0.6) is 0 Å². The number of piperidine rings is 3. The summed E-state index contributed by atoms with van der Waals surface area (Å²) in [4.78, 5) is 15.1. The minimum atomic E-state index is -0.193. The molecule has 3 aliphatic rings. The number of hydrogen-bond acceptors (Lipinski definition) is 2. The molecule has 0 aliphatic carbocycles. The highest BCUT2D eigenvalue weighted by Crippen LogP contribution is 2.36. The number of ether oxygens (including phenoxy) is 1. The Bertz CT molecular complexity index is 860. The molecule has 0 saturated carbocycles. The Hall–Kier alpha value is -2.59. The molecule has 1 atom stereocenters. The zero-order valence-corrected chi connectivity index (χ0v) is 19.2. The third-order valence-corrected chi connectivity index (χ3v) is 7.31. The molecule has 0 radical (unpaired) electrons. The first-order valence-electron chi connectivity index (χ1n) is 12.2. The van der Waals surface area contributed by atoms with Crippen molar-refractivity contribution in [3.8, 4) is 0 Å². The van der Waals surface area contributed by atoms with Gasteiger partial charge in [0.25, 0.3) is 0 Å². The van der Waals surface area contributed by atoms with Crippen LogP contribution >= 0.6 is 0 Å². The van der Waals surface area contributed by atoms with Crippen LogP contribution < -0.4 is 4.90 Å². The van der Waals surface area contributed by atoms with Gasteiger partial charge in [0.2, 0.25) is 0 Å². The minimum Gasteiger partial charge on any atom is -0.440 e. The molecule has 0 aromatic heterocycles. The van der Waals surface area contributed by atoms with Gasteiger partial charge in [-0.05, 0) is 37.0 Å². The molecule has 0 unspecified atom stereocenters. The maximum absolute atomic E-state index is 13.3. The van der Waals surface area contributed by atoms with Gasteiger partial charge in [0.15, 0.2) is 6.10 Å². The molecule has 4 nitrogen and oxygen atoms in total. The number of benzene rings is 2. The third-order valence-electron chi connectivity index (χ3n) is 7.31. The van der Waals surface area contributed by atoms with Gasteiger partial charge in [0.1, 0.15) is 6.54 Å². The summed E-state index contributed by atoms with van der Waals surface area (Å²) in [6, 6.07) is 20.7. The second-order valence-electron chi connectivity index (χ2n) is 9.46. The summed E-state index contributed by atoms with van der Waals surface area (Å²) in [7, 11) is 0. The number of nitrogens with zero attached hydrogens (tertiary/aromatic N) is 2. The summed E-state index contributed by atoms with van der Waals surface area (Å²) in [6.45, 7) is 9.08. The van der Waals surface area contributed by atoms with Crippen LogP contribution in [0.15, 0.2) is 73.3 Å². The standard InChI is InChI=1S/C28H37N2O2/c1-2-3-10-19-29(26-15-8-5-9-16-26)28(31)32-27-23-30(21-17-25(27)18-22-30)20-11-14-24-12-6-4-7-13-24/h2,4-9,12-13,15-16,25,27H,1,3,10-11,14,17-23H2/q+1/t25?,27-,30?/m0/s1. The van der Waals surface area contributed by atoms with Crippen molar-refractivity contribution in [1.29, 1.82) is 0 Å². The maximum atomic E-state index is 13.3. The number of quaternary nitrogens is 1. The van der Waals surface area contributed by atoms with Gasteiger partial charge in [-0.1, -0.05) is 54.6 Å². The van der Waals surface area contributed by atoms with Crippen LogP contribution in [0.4, 0.5) is 10.5 Å². The Labute approximate surface area is 193 Å². The molecule has 3 heterocycles. The van der Waals surface area contributed by atoms with E-state index in [0.717, 1.165) is 36.0 Å². The SMILES string of the molecule is C=CCCCN(C(=O)O[C@H]1C[N+]2(CCCc3ccccc3)CCC1CC2)c1ccccc1. The van der Waals surface area contributed by atoms with Crippen LogP contribution in [0.2, 0.25) is 0 Å². The Balaban J connectivity index is 1.37. The van der Waals surface area contributed by atoms with Gasteiger partial charge in [-0.2, -0.15) is 0 Å². The van der Waals surface area contributed by atoms with E-state index in [2.05, 4.69) is 36.9 Å². The minimum absolute atomic E-state index is 0.0346. The number of aryl methyl sites for hydroxylation is 1. The summed E-state index contributed by atoms with van der Waals surface area (Å²) in [6.07, 6.45) is 8.19. The van der Waals surface area contributed by atoms with Crippen LogP contribution in [-0.4, -0.2) is 49.4 Å². The number of hydrogen-bond donors (Lipinski definition) is 0. The lowest BCUT2D eigenvalue weighted by molar-refractivity contribution is -0.946. The van der Waals surface area contributed by atoms with E-state index in [0.29, 0.717) is 12.5 Å². The lowest BCUT2D eigenvalue weighted by atomic mass is 9.83. The van der Waals surface area contributed by atoms with Crippen molar-refractivity contribution < 1.29 is 14.0 Å². The zero-order chi connectivity index (χ0) is 22.2. The van der Waals surface area contributed by atoms with E-state index < -0.39 is 0 Å². The van der Waals surface area contributed by atoms with E-state index in [-0.39, 0.29) is 12.2 Å². The molecule has 2 aromatic carbocycles. The molecule has 3 fully saturated rings. The van der Waals surface area contributed by atoms with Crippen molar-refractivity contribution in [2.75, 3.05) is 37.6 Å². The van der Waals surface area contributed by atoms with Crippen molar-refractivity contribution in [3.63, 3.8) is 0 Å². The monoisotopic (exact) mass is 433 g/mol. The molecule has 5 rings (SSSR count). The number of anilines is 1. The quantitative estimate of drug-likeness (QED) is 0.268. The van der Waals surface area contributed by atoms with Crippen molar-refractivity contribution in [2.45, 2.75) is 44.6 Å². The van der Waals surface area contributed by atoms with Gasteiger partial charge in [0.05, 0.1) is 19.6 Å². The van der Waals surface area contributed by atoms with Gasteiger partial charge >= 0.3 is 6.09 Å². The molecule has 4 heteroatoms. The molecule has 3 aliphatic heterocycles. The first-order valence-corrected chi connectivity index (χ1v) is 12.2. The topological polar surface area (TPSA) is 29.5 Å². The molecule has 32 heavy (non-hydrogen) atoms. The van der Waals surface area contributed by atoms with E-state index >= 15 is 0 Å². The summed E-state index contributed by atoms with van der Waals surface area (Å²) in [5.74, 6) is 0.513. The molecular formula is C28H37N2O2+. The van der Waals surface area contributed by atoms with E-state index in [1.807, 2.05) is 36.4 Å². The highest BCUT2D eigenvalue weighted by atomic mass is 16.6. The first kappa shape index (κ1) is 22.6. The fourth-order valence-electron chi connectivity index (χ4n) is 5.45. The van der Waals surface area contributed by atoms with Crippen LogP contribution in [0, 0.1) is 5.92 Å². The molecule has 0 spiro atoms. The number of para-hydroxylation sites is 1. The van der Waals surface area contributed by atoms with Crippen LogP contribution in [0.25, 0.3) is 0 Å². The largest absolute Gasteiger partial charge is 0.440 e. The molecule has 0 N–H and O–H groups in total. The molecule has 3 saturated heterocycles. The predicted molar refractivity (Wildman–Crippen MR) is 131 cm³/mol. The van der Waals surface area contributed by atoms with E-state index in [9.17, 15) is 4.79 Å². The highest BCUT2D eigenvalue weighted by molar-refractivity contribution is 5.87. The lowest BCUT2D eigenvalue weighted by Gasteiger charge is -2.52. The third kappa shape index (κ3) is 5.60. The number of amides is 1. The maximum Gasteiger partial charge on any atom is 0.414 e. The fourth-order valence-corrected chi connectivity index (χ4v) is 5.45. The van der Waals surface area contributed by atoms with Crippen molar-refractivity contribution in [2.24, 2.45) is 5.92 Å². The molecule has 1 amide bonds. The number of unbranched alkanes of at least 4 members (excludes halogenated alkanes) is 1. The highest BCUT2D eigenvalue weighted by Gasteiger charge is 2.47. The summed E-state index contributed by atoms with van der Waals surface area (Å²) in [5, 5.41) is 0. The fraction of sp³-hybridized carbons (Fsp3) is 0.464. The van der Waals surface area contributed by atoms with Crippen molar-refractivity contribution in [1.82, 2.24) is 0 Å². The normalized spacial score (nSPS) is 24.1. The second-order valence-corrected chi connectivity index (χ2v) is 9.46. The summed E-state index contributed by atoms with van der Waals surface area (Å²) in [5.41, 5.74) is 2.33. The van der Waals surface area contributed by atoms with Gasteiger partial charge < -0.3 is 9.22 Å². The number of allylic oxidation sites excluding steroid dienone is 1. The van der Waals surface area contributed by atoms with E-state index in [1.165, 1.54) is 44.5 Å². The van der Waals surface area contributed by atoms with E-state index in [1.54, 1.807) is 4.90 Å². The van der Waals surface area contributed by atoms with Gasteiger partial charge in [-0.25, -0.2) is 4.79 Å². The van der Waals surface area contributed by atoms with Crippen molar-refractivity contribution in [3.05, 3.63) is 78.9 Å². The van der Waals surface area contributed by atoms with E-state index in [4.69, 9.17) is 4.74 Å². The van der Waals surface area contributed by atoms with Gasteiger partial charge in [-0.15, -0.1) is 6.58 Å². The average molecular weight is 434 g/mol.